The zero-order valence-electron chi connectivity index (χ0n) is 5.88. The van der Waals surface area contributed by atoms with E-state index in [4.69, 9.17) is 0 Å². The van der Waals surface area contributed by atoms with E-state index >= 15 is 0 Å². The lowest BCUT2D eigenvalue weighted by molar-refractivity contribution is 0.765. The van der Waals surface area contributed by atoms with Gasteiger partial charge in [-0.05, 0) is 24.0 Å². The molecule has 1 aliphatic carbocycles. The molecule has 0 atom stereocenters. The second kappa shape index (κ2) is 2.33. The highest BCUT2D eigenvalue weighted by Crippen LogP contribution is 2.23. The third-order valence-electron chi connectivity index (χ3n) is 1.94. The van der Waals surface area contributed by atoms with Crippen molar-refractivity contribution in [3.8, 4) is 0 Å². The Bertz CT molecular complexity index is 221. The number of hydrogen-bond donors (Lipinski definition) is 0. The molecule has 0 N–H and O–H groups in total. The quantitative estimate of drug-likeness (QED) is 0.477. The van der Waals surface area contributed by atoms with Gasteiger partial charge in [0, 0.05) is 12.7 Å². The molecule has 0 saturated carbocycles. The van der Waals surface area contributed by atoms with Crippen LogP contribution in [0.4, 0.5) is 0 Å². The molecule has 1 aliphatic heterocycles. The molecule has 1 heterocycles. The summed E-state index contributed by atoms with van der Waals surface area (Å²) in [5.41, 5.74) is 2.89. The van der Waals surface area contributed by atoms with E-state index in [2.05, 4.69) is 23.5 Å². The second-order valence-corrected chi connectivity index (χ2v) is 2.63. The van der Waals surface area contributed by atoms with Crippen LogP contribution in [0, 0.1) is 0 Å². The first-order valence-electron chi connectivity index (χ1n) is 3.68. The summed E-state index contributed by atoms with van der Waals surface area (Å²) < 4.78 is 0. The summed E-state index contributed by atoms with van der Waals surface area (Å²) in [7, 11) is 0. The molecule has 0 aromatic rings. The standard InChI is InChI=1S/C9H10N/c1-2-4-9-7-10-6-5-8(9)3-1/h1-3,7H,4-6H2. The van der Waals surface area contributed by atoms with Gasteiger partial charge in [0.2, 0.25) is 0 Å². The summed E-state index contributed by atoms with van der Waals surface area (Å²) in [4.78, 5) is 0. The van der Waals surface area contributed by atoms with Gasteiger partial charge >= 0.3 is 0 Å². The van der Waals surface area contributed by atoms with Gasteiger partial charge in [-0.25, -0.2) is 0 Å². The summed E-state index contributed by atoms with van der Waals surface area (Å²) >= 11 is 0. The zero-order valence-corrected chi connectivity index (χ0v) is 5.88. The SMILES string of the molecule is C1=CCC2=C[N]CCC2=C1. The van der Waals surface area contributed by atoms with Crippen LogP contribution in [0.1, 0.15) is 12.8 Å². The molecule has 1 nitrogen and oxygen atoms in total. The topological polar surface area (TPSA) is 14.1 Å². The fourth-order valence-electron chi connectivity index (χ4n) is 1.36. The van der Waals surface area contributed by atoms with Gasteiger partial charge in [0.1, 0.15) is 0 Å². The van der Waals surface area contributed by atoms with Crippen molar-refractivity contribution in [1.82, 2.24) is 5.32 Å². The molecule has 0 amide bonds. The van der Waals surface area contributed by atoms with E-state index in [9.17, 15) is 0 Å². The second-order valence-electron chi connectivity index (χ2n) is 2.63. The van der Waals surface area contributed by atoms with E-state index in [0.29, 0.717) is 0 Å². The number of fused-ring (bicyclic) bond motifs is 1. The predicted molar refractivity (Wildman–Crippen MR) is 41.5 cm³/mol. The molecular weight excluding hydrogens is 122 g/mol. The van der Waals surface area contributed by atoms with Crippen molar-refractivity contribution in [3.05, 3.63) is 35.6 Å². The van der Waals surface area contributed by atoms with E-state index in [-0.39, 0.29) is 0 Å². The van der Waals surface area contributed by atoms with Crippen LogP contribution in [-0.2, 0) is 0 Å². The Hall–Kier alpha value is -0.980. The number of hydrogen-bond acceptors (Lipinski definition) is 0. The van der Waals surface area contributed by atoms with Crippen molar-refractivity contribution < 1.29 is 0 Å². The number of rotatable bonds is 0. The first-order chi connectivity index (χ1) is 4.97. The Kier molecular flexibility index (Phi) is 1.35. The third kappa shape index (κ3) is 0.878. The van der Waals surface area contributed by atoms with Crippen LogP contribution in [0.3, 0.4) is 0 Å². The van der Waals surface area contributed by atoms with Crippen molar-refractivity contribution in [2.24, 2.45) is 0 Å². The minimum atomic E-state index is 0.975. The van der Waals surface area contributed by atoms with Crippen molar-refractivity contribution in [2.75, 3.05) is 6.54 Å². The molecule has 0 spiro atoms. The van der Waals surface area contributed by atoms with Gasteiger partial charge in [-0.15, -0.1) is 0 Å². The van der Waals surface area contributed by atoms with Gasteiger partial charge in [-0.2, -0.15) is 0 Å². The molecule has 0 aromatic carbocycles. The Morgan fingerprint density at radius 3 is 3.20 bits per heavy atom. The van der Waals surface area contributed by atoms with Crippen LogP contribution in [-0.4, -0.2) is 6.54 Å². The van der Waals surface area contributed by atoms with E-state index in [1.165, 1.54) is 11.1 Å². The average Bonchev–Trinajstić information content (AvgIpc) is 2.05. The van der Waals surface area contributed by atoms with E-state index in [0.717, 1.165) is 19.4 Å². The Balaban J connectivity index is 2.32. The maximum Gasteiger partial charge on any atom is 0.0429 e. The number of nitrogens with zero attached hydrogens (tertiary/aromatic N) is 1. The molecule has 2 aliphatic rings. The van der Waals surface area contributed by atoms with Crippen LogP contribution in [0.15, 0.2) is 35.6 Å². The van der Waals surface area contributed by atoms with Gasteiger partial charge in [0.05, 0.1) is 0 Å². The number of allylic oxidation sites excluding steroid dienone is 4. The smallest absolute Gasteiger partial charge is 0.0429 e. The van der Waals surface area contributed by atoms with Gasteiger partial charge in [-0.1, -0.05) is 18.2 Å². The van der Waals surface area contributed by atoms with Crippen LogP contribution in [0.5, 0.6) is 0 Å². The summed E-state index contributed by atoms with van der Waals surface area (Å²) in [6.07, 6.45) is 10.7. The molecule has 0 unspecified atom stereocenters. The zero-order chi connectivity index (χ0) is 6.81. The summed E-state index contributed by atoms with van der Waals surface area (Å²) in [5, 5.41) is 4.22. The van der Waals surface area contributed by atoms with Crippen LogP contribution >= 0.6 is 0 Å². The van der Waals surface area contributed by atoms with E-state index in [1.807, 2.05) is 6.20 Å². The van der Waals surface area contributed by atoms with Gasteiger partial charge in [0.25, 0.3) is 0 Å². The summed E-state index contributed by atoms with van der Waals surface area (Å²) in [6.45, 7) is 0.975. The van der Waals surface area contributed by atoms with Crippen LogP contribution in [0.25, 0.3) is 0 Å². The normalized spacial score (nSPS) is 22.4. The van der Waals surface area contributed by atoms with Crippen LogP contribution < -0.4 is 5.32 Å². The molecule has 1 heteroatoms. The molecule has 0 aromatic heterocycles. The highest BCUT2D eigenvalue weighted by molar-refractivity contribution is 5.40. The fourth-order valence-corrected chi connectivity index (χ4v) is 1.36. The fraction of sp³-hybridized carbons (Fsp3) is 0.333. The molecule has 0 bridgehead atoms. The minimum Gasteiger partial charge on any atom is -0.293 e. The lowest BCUT2D eigenvalue weighted by atomic mass is 9.94. The van der Waals surface area contributed by atoms with Gasteiger partial charge < -0.3 is 0 Å². The molecule has 1 radical (unpaired) electrons. The van der Waals surface area contributed by atoms with Crippen molar-refractivity contribution >= 4 is 0 Å². The first kappa shape index (κ1) is 5.78. The predicted octanol–water partition coefficient (Wildman–Crippen LogP) is 1.76. The lowest BCUT2D eigenvalue weighted by Gasteiger charge is -2.17. The molecular formula is C9H10N. The lowest BCUT2D eigenvalue weighted by Crippen LogP contribution is -2.10. The summed E-state index contributed by atoms with van der Waals surface area (Å²) in [6, 6.07) is 0. The van der Waals surface area contributed by atoms with Gasteiger partial charge in [-0.3, -0.25) is 5.32 Å². The van der Waals surface area contributed by atoms with Crippen molar-refractivity contribution in [3.63, 3.8) is 0 Å². The average molecular weight is 132 g/mol. The molecule has 10 heavy (non-hydrogen) atoms. The van der Waals surface area contributed by atoms with Crippen molar-refractivity contribution in [1.29, 1.82) is 0 Å². The maximum absolute atomic E-state index is 4.22. The Morgan fingerprint density at radius 2 is 2.30 bits per heavy atom. The minimum absolute atomic E-state index is 0.975. The summed E-state index contributed by atoms with van der Waals surface area (Å²) in [5.74, 6) is 0. The first-order valence-corrected chi connectivity index (χ1v) is 3.68. The Labute approximate surface area is 61.1 Å². The van der Waals surface area contributed by atoms with E-state index < -0.39 is 0 Å². The van der Waals surface area contributed by atoms with Crippen molar-refractivity contribution in [2.45, 2.75) is 12.8 Å². The monoisotopic (exact) mass is 132 g/mol. The highest BCUT2D eigenvalue weighted by atomic mass is 14.8. The Morgan fingerprint density at radius 1 is 1.30 bits per heavy atom. The highest BCUT2D eigenvalue weighted by Gasteiger charge is 2.09. The van der Waals surface area contributed by atoms with Gasteiger partial charge in [0.15, 0.2) is 0 Å². The molecule has 2 rings (SSSR count). The maximum atomic E-state index is 4.22. The largest absolute Gasteiger partial charge is 0.293 e. The molecule has 0 saturated heterocycles. The third-order valence-corrected chi connectivity index (χ3v) is 1.94. The molecule has 0 fully saturated rings. The van der Waals surface area contributed by atoms with Crippen LogP contribution in [0.2, 0.25) is 0 Å². The van der Waals surface area contributed by atoms with E-state index in [1.54, 1.807) is 0 Å². The molecule has 51 valence electrons.